The van der Waals surface area contributed by atoms with Crippen LogP contribution in [0, 0.1) is 13.7 Å². The van der Waals surface area contributed by atoms with Gasteiger partial charge in [0.05, 0.1) is 10.5 Å². The minimum atomic E-state index is -0.523. The predicted molar refractivity (Wildman–Crippen MR) is 98.3 cm³/mol. The predicted octanol–water partition coefficient (Wildman–Crippen LogP) is 2.71. The number of nitro benzene ring substituents is 1. The van der Waals surface area contributed by atoms with Crippen LogP contribution in [0.1, 0.15) is 15.9 Å². The van der Waals surface area contributed by atoms with Gasteiger partial charge in [0.25, 0.3) is 11.6 Å². The number of nitro groups is 1. The molecule has 0 aliphatic carbocycles. The fourth-order valence-electron chi connectivity index (χ4n) is 2.14. The quantitative estimate of drug-likeness (QED) is 0.367. The van der Waals surface area contributed by atoms with E-state index < -0.39 is 4.92 Å². The van der Waals surface area contributed by atoms with Gasteiger partial charge >= 0.3 is 0 Å². The molecule has 3 rings (SSSR count). The highest BCUT2D eigenvalue weighted by molar-refractivity contribution is 14.1. The number of non-ortho nitro benzene ring substituents is 1. The van der Waals surface area contributed by atoms with E-state index >= 15 is 0 Å². The molecule has 0 radical (unpaired) electrons. The molecule has 0 aliphatic rings. The number of nitrogens with zero attached hydrogens (tertiary/aromatic N) is 4. The highest BCUT2D eigenvalue weighted by Gasteiger charge is 2.15. The van der Waals surface area contributed by atoms with Crippen molar-refractivity contribution in [2.24, 2.45) is 0 Å². The lowest BCUT2D eigenvalue weighted by molar-refractivity contribution is -0.384. The third kappa shape index (κ3) is 3.99. The van der Waals surface area contributed by atoms with E-state index in [4.69, 9.17) is 0 Å². The summed E-state index contributed by atoms with van der Waals surface area (Å²) in [5.41, 5.74) is 0.969. The summed E-state index contributed by atoms with van der Waals surface area (Å²) in [7, 11) is 0. The zero-order chi connectivity index (χ0) is 17.8. The zero-order valence-electron chi connectivity index (χ0n) is 12.8. The van der Waals surface area contributed by atoms with Crippen LogP contribution in [0.25, 0.3) is 5.82 Å². The summed E-state index contributed by atoms with van der Waals surface area (Å²) in [6, 6.07) is 9.63. The number of halogens is 1. The van der Waals surface area contributed by atoms with Crippen molar-refractivity contribution in [1.29, 1.82) is 0 Å². The Kier molecular flexibility index (Phi) is 5.03. The van der Waals surface area contributed by atoms with Gasteiger partial charge in [-0.1, -0.05) is 6.07 Å². The summed E-state index contributed by atoms with van der Waals surface area (Å²) in [5.74, 6) is 0.303. The van der Waals surface area contributed by atoms with Gasteiger partial charge < -0.3 is 5.32 Å². The first-order valence-electron chi connectivity index (χ1n) is 7.21. The van der Waals surface area contributed by atoms with Crippen molar-refractivity contribution < 1.29 is 9.72 Å². The number of carbonyl (C=O) groups excluding carboxylic acids is 1. The Morgan fingerprint density at radius 1 is 1.32 bits per heavy atom. The molecule has 8 nitrogen and oxygen atoms in total. The summed E-state index contributed by atoms with van der Waals surface area (Å²) in [5, 5.41) is 17.7. The Morgan fingerprint density at radius 2 is 2.16 bits per heavy atom. The first kappa shape index (κ1) is 17.0. The standard InChI is InChI=1S/C16H12IN5O3/c17-14-4-3-12(22(24)25)8-13(14)16(23)19-10-11-2-5-15(18-9-11)21-7-1-6-20-21/h1-9H,10H2,(H,19,23). The molecule has 2 heterocycles. The van der Waals surface area contributed by atoms with Crippen molar-refractivity contribution in [3.8, 4) is 5.82 Å². The Bertz CT molecular complexity index is 910. The van der Waals surface area contributed by atoms with Crippen molar-refractivity contribution in [2.75, 3.05) is 0 Å². The van der Waals surface area contributed by atoms with Crippen LogP contribution in [-0.4, -0.2) is 25.6 Å². The van der Waals surface area contributed by atoms with Gasteiger partial charge in [0.2, 0.25) is 0 Å². The zero-order valence-corrected chi connectivity index (χ0v) is 15.0. The molecule has 0 spiro atoms. The first-order chi connectivity index (χ1) is 12.0. The maximum Gasteiger partial charge on any atom is 0.270 e. The SMILES string of the molecule is O=C(NCc1ccc(-n2cccn2)nc1)c1cc([N+](=O)[O-])ccc1I. The molecule has 3 aromatic rings. The van der Waals surface area contributed by atoms with E-state index in [1.54, 1.807) is 41.5 Å². The van der Waals surface area contributed by atoms with E-state index in [-0.39, 0.29) is 23.7 Å². The lowest BCUT2D eigenvalue weighted by Crippen LogP contribution is -2.24. The van der Waals surface area contributed by atoms with Crippen LogP contribution in [0.4, 0.5) is 5.69 Å². The normalized spacial score (nSPS) is 10.4. The number of rotatable bonds is 5. The van der Waals surface area contributed by atoms with E-state index in [1.165, 1.54) is 12.1 Å². The molecule has 9 heteroatoms. The summed E-state index contributed by atoms with van der Waals surface area (Å²) in [6.45, 7) is 0.268. The van der Waals surface area contributed by atoms with E-state index in [2.05, 4.69) is 15.4 Å². The van der Waals surface area contributed by atoms with Gasteiger partial charge in [-0.05, 0) is 46.4 Å². The van der Waals surface area contributed by atoms with E-state index in [1.807, 2.05) is 28.7 Å². The van der Waals surface area contributed by atoms with Gasteiger partial charge in [-0.3, -0.25) is 14.9 Å². The van der Waals surface area contributed by atoms with Gasteiger partial charge in [0.15, 0.2) is 5.82 Å². The topological polar surface area (TPSA) is 103 Å². The monoisotopic (exact) mass is 449 g/mol. The number of carbonyl (C=O) groups is 1. The molecule has 2 aromatic heterocycles. The molecule has 1 aromatic carbocycles. The van der Waals surface area contributed by atoms with Crippen molar-refractivity contribution >= 4 is 34.2 Å². The summed E-state index contributed by atoms with van der Waals surface area (Å²) < 4.78 is 2.28. The van der Waals surface area contributed by atoms with Crippen LogP contribution < -0.4 is 5.32 Å². The van der Waals surface area contributed by atoms with Crippen molar-refractivity contribution in [1.82, 2.24) is 20.1 Å². The van der Waals surface area contributed by atoms with E-state index in [0.717, 1.165) is 5.56 Å². The second-order valence-electron chi connectivity index (χ2n) is 5.08. The van der Waals surface area contributed by atoms with Gasteiger partial charge in [0.1, 0.15) is 0 Å². The number of hydrogen-bond acceptors (Lipinski definition) is 5. The van der Waals surface area contributed by atoms with Crippen LogP contribution in [0.15, 0.2) is 55.0 Å². The molecule has 126 valence electrons. The molecule has 0 saturated heterocycles. The summed E-state index contributed by atoms with van der Waals surface area (Å²) >= 11 is 1.97. The molecule has 0 fully saturated rings. The summed E-state index contributed by atoms with van der Waals surface area (Å²) in [6.07, 6.45) is 5.10. The van der Waals surface area contributed by atoms with Crippen molar-refractivity contribution in [3.63, 3.8) is 0 Å². The van der Waals surface area contributed by atoms with Crippen LogP contribution in [0.3, 0.4) is 0 Å². The number of aromatic nitrogens is 3. The minimum absolute atomic E-state index is 0.115. The maximum absolute atomic E-state index is 12.3. The lowest BCUT2D eigenvalue weighted by atomic mass is 10.2. The number of hydrogen-bond donors (Lipinski definition) is 1. The smallest absolute Gasteiger partial charge is 0.270 e. The fourth-order valence-corrected chi connectivity index (χ4v) is 2.72. The number of benzene rings is 1. The van der Waals surface area contributed by atoms with Gasteiger partial charge in [-0.25, -0.2) is 9.67 Å². The second-order valence-corrected chi connectivity index (χ2v) is 6.24. The largest absolute Gasteiger partial charge is 0.348 e. The molecular weight excluding hydrogens is 437 g/mol. The molecule has 1 N–H and O–H groups in total. The van der Waals surface area contributed by atoms with Crippen LogP contribution in [0.2, 0.25) is 0 Å². The highest BCUT2D eigenvalue weighted by atomic mass is 127. The number of amides is 1. The van der Waals surface area contributed by atoms with E-state index in [0.29, 0.717) is 9.39 Å². The second kappa shape index (κ2) is 7.38. The van der Waals surface area contributed by atoms with Crippen LogP contribution in [-0.2, 0) is 6.54 Å². The van der Waals surface area contributed by atoms with Crippen LogP contribution >= 0.6 is 22.6 Å². The van der Waals surface area contributed by atoms with Gasteiger partial charge in [0, 0.05) is 40.8 Å². The number of nitrogens with one attached hydrogen (secondary N) is 1. The maximum atomic E-state index is 12.3. The average molecular weight is 449 g/mol. The molecular formula is C16H12IN5O3. The van der Waals surface area contributed by atoms with E-state index in [9.17, 15) is 14.9 Å². The molecule has 0 aliphatic heterocycles. The molecule has 1 amide bonds. The molecule has 25 heavy (non-hydrogen) atoms. The highest BCUT2D eigenvalue weighted by Crippen LogP contribution is 2.19. The summed E-state index contributed by atoms with van der Waals surface area (Å²) in [4.78, 5) is 26.9. The average Bonchev–Trinajstić information content (AvgIpc) is 3.15. The molecule has 0 atom stereocenters. The Hall–Kier alpha value is -2.82. The van der Waals surface area contributed by atoms with Crippen molar-refractivity contribution in [2.45, 2.75) is 6.54 Å². The van der Waals surface area contributed by atoms with Gasteiger partial charge in [-0.15, -0.1) is 0 Å². The first-order valence-corrected chi connectivity index (χ1v) is 8.29. The third-order valence-corrected chi connectivity index (χ3v) is 4.35. The Balaban J connectivity index is 1.68. The van der Waals surface area contributed by atoms with Gasteiger partial charge in [-0.2, -0.15) is 5.10 Å². The minimum Gasteiger partial charge on any atom is -0.348 e. The Labute approximate surface area is 156 Å². The van der Waals surface area contributed by atoms with Crippen LogP contribution in [0.5, 0.6) is 0 Å². The van der Waals surface area contributed by atoms with Crippen molar-refractivity contribution in [3.05, 3.63) is 79.8 Å². The third-order valence-electron chi connectivity index (χ3n) is 3.41. The lowest BCUT2D eigenvalue weighted by Gasteiger charge is -2.08. The molecule has 0 bridgehead atoms. The Morgan fingerprint density at radius 3 is 2.80 bits per heavy atom. The molecule has 0 unspecified atom stereocenters. The number of pyridine rings is 1. The fraction of sp³-hybridized carbons (Fsp3) is 0.0625. The molecule has 0 saturated carbocycles.